The molecule has 1 aromatic heterocycles. The van der Waals surface area contributed by atoms with Gasteiger partial charge in [-0.25, -0.2) is 4.98 Å². The fourth-order valence-electron chi connectivity index (χ4n) is 5.33. The Labute approximate surface area is 217 Å². The number of aliphatic hydroxyl groups is 1. The van der Waals surface area contributed by atoms with Gasteiger partial charge >= 0.3 is 5.97 Å². The van der Waals surface area contributed by atoms with E-state index in [2.05, 4.69) is 28.1 Å². The Morgan fingerprint density at radius 1 is 1.16 bits per heavy atom. The third-order valence-corrected chi connectivity index (χ3v) is 7.59. The molecule has 0 spiro atoms. The molecule has 0 radical (unpaired) electrons. The van der Waals surface area contributed by atoms with Crippen LogP contribution in [-0.4, -0.2) is 46.3 Å². The van der Waals surface area contributed by atoms with E-state index in [0.717, 1.165) is 54.9 Å². The number of ether oxygens (including phenoxy) is 2. The zero-order valence-electron chi connectivity index (χ0n) is 21.4. The molecule has 1 unspecified atom stereocenters. The molecule has 37 heavy (non-hydrogen) atoms. The van der Waals surface area contributed by atoms with Crippen LogP contribution in [0.2, 0.25) is 0 Å². The van der Waals surface area contributed by atoms with Gasteiger partial charge in [-0.1, -0.05) is 30.3 Å². The number of aromatic nitrogens is 1. The smallest absolute Gasteiger partial charge is 0.309 e. The van der Waals surface area contributed by atoms with E-state index in [1.54, 1.807) is 25.4 Å². The number of methoxy groups -OCH3 is 1. The number of hydrogen-bond acceptors (Lipinski definition) is 6. The molecule has 3 aromatic rings. The SMILES string of the molecule is COc1cc(-c2ccc(C3CCc4ccc([C@H](O)[C@H](C)C(=O)O)cc4O3)cc2CN2CCCC2)ccn1. The van der Waals surface area contributed by atoms with Crippen LogP contribution in [0.15, 0.2) is 54.7 Å². The van der Waals surface area contributed by atoms with Gasteiger partial charge in [0.25, 0.3) is 0 Å². The van der Waals surface area contributed by atoms with Crippen molar-refractivity contribution in [1.29, 1.82) is 0 Å². The summed E-state index contributed by atoms with van der Waals surface area (Å²) in [5.41, 5.74) is 6.25. The zero-order valence-corrected chi connectivity index (χ0v) is 21.4. The molecule has 0 bridgehead atoms. The Bertz CT molecular complexity index is 1270. The molecule has 5 rings (SSSR count). The fourth-order valence-corrected chi connectivity index (χ4v) is 5.33. The van der Waals surface area contributed by atoms with Gasteiger partial charge in [-0.2, -0.15) is 0 Å². The molecular weight excluding hydrogens is 468 g/mol. The van der Waals surface area contributed by atoms with Crippen molar-refractivity contribution in [3.63, 3.8) is 0 Å². The van der Waals surface area contributed by atoms with E-state index >= 15 is 0 Å². The number of benzene rings is 2. The first-order valence-corrected chi connectivity index (χ1v) is 13.0. The molecule has 0 amide bonds. The number of hydrogen-bond donors (Lipinski definition) is 2. The van der Waals surface area contributed by atoms with Gasteiger partial charge in [0.05, 0.1) is 19.1 Å². The maximum Gasteiger partial charge on any atom is 0.309 e. The predicted octanol–water partition coefficient (Wildman–Crippen LogP) is 5.17. The summed E-state index contributed by atoms with van der Waals surface area (Å²) < 4.78 is 11.8. The summed E-state index contributed by atoms with van der Waals surface area (Å²) in [5.74, 6) is -0.614. The molecule has 1 saturated heterocycles. The third-order valence-electron chi connectivity index (χ3n) is 7.59. The van der Waals surface area contributed by atoms with E-state index in [1.165, 1.54) is 30.9 Å². The molecule has 194 valence electrons. The van der Waals surface area contributed by atoms with Gasteiger partial charge in [-0.05, 0) is 91.2 Å². The summed E-state index contributed by atoms with van der Waals surface area (Å²) in [6.07, 6.45) is 4.75. The molecule has 3 heterocycles. The summed E-state index contributed by atoms with van der Waals surface area (Å²) in [6.45, 7) is 4.60. The number of carbonyl (C=O) groups is 1. The maximum absolute atomic E-state index is 11.4. The monoisotopic (exact) mass is 502 g/mol. The normalized spacial score (nSPS) is 19.1. The van der Waals surface area contributed by atoms with Crippen molar-refractivity contribution in [3.05, 3.63) is 77.0 Å². The Morgan fingerprint density at radius 3 is 2.73 bits per heavy atom. The van der Waals surface area contributed by atoms with Crippen LogP contribution in [0.4, 0.5) is 0 Å². The van der Waals surface area contributed by atoms with Crippen molar-refractivity contribution in [3.8, 4) is 22.8 Å². The molecule has 0 saturated carbocycles. The predicted molar refractivity (Wildman–Crippen MR) is 141 cm³/mol. The lowest BCUT2D eigenvalue weighted by molar-refractivity contribution is -0.145. The van der Waals surface area contributed by atoms with E-state index < -0.39 is 18.0 Å². The minimum atomic E-state index is -1.09. The number of aryl methyl sites for hydroxylation is 1. The first-order valence-electron chi connectivity index (χ1n) is 13.0. The highest BCUT2D eigenvalue weighted by molar-refractivity contribution is 5.70. The molecule has 7 heteroatoms. The summed E-state index contributed by atoms with van der Waals surface area (Å²) in [7, 11) is 1.63. The lowest BCUT2D eigenvalue weighted by atomic mass is 9.91. The van der Waals surface area contributed by atoms with E-state index in [4.69, 9.17) is 9.47 Å². The van der Waals surface area contributed by atoms with Crippen molar-refractivity contribution in [2.75, 3.05) is 20.2 Å². The van der Waals surface area contributed by atoms with Crippen molar-refractivity contribution in [1.82, 2.24) is 9.88 Å². The molecule has 3 atom stereocenters. The molecule has 2 aromatic carbocycles. The average Bonchev–Trinajstić information content (AvgIpc) is 3.44. The summed E-state index contributed by atoms with van der Waals surface area (Å²) in [5, 5.41) is 19.8. The first-order chi connectivity index (χ1) is 17.9. The summed E-state index contributed by atoms with van der Waals surface area (Å²) in [4.78, 5) is 18.1. The molecule has 1 fully saturated rings. The van der Waals surface area contributed by atoms with Crippen LogP contribution in [0.25, 0.3) is 11.1 Å². The zero-order chi connectivity index (χ0) is 25.9. The van der Waals surface area contributed by atoms with Gasteiger partial charge in [0.15, 0.2) is 0 Å². The van der Waals surface area contributed by atoms with Gasteiger partial charge in [0, 0.05) is 18.8 Å². The minimum Gasteiger partial charge on any atom is -0.485 e. The second-order valence-electron chi connectivity index (χ2n) is 10.1. The standard InChI is InChI=1S/C30H34N2O5/c1-19(30(34)35)29(33)23-6-5-20-8-10-26(37-27(20)16-23)22-7-9-25(21-11-12-31-28(17-21)36-2)24(15-22)18-32-13-3-4-14-32/h5-7,9,11-12,15-17,19,26,29,33H,3-4,8,10,13-14,18H2,1-2H3,(H,34,35)/t19-,26?,29+/m0/s1. The molecule has 2 N–H and O–H groups in total. The largest absolute Gasteiger partial charge is 0.485 e. The average molecular weight is 503 g/mol. The number of carboxylic acids is 1. The van der Waals surface area contributed by atoms with E-state index in [9.17, 15) is 15.0 Å². The summed E-state index contributed by atoms with van der Waals surface area (Å²) in [6, 6.07) is 16.1. The molecule has 7 nitrogen and oxygen atoms in total. The lowest BCUT2D eigenvalue weighted by Gasteiger charge is -2.29. The number of pyridine rings is 1. The Balaban J connectivity index is 1.44. The number of aliphatic hydroxyl groups excluding tert-OH is 1. The van der Waals surface area contributed by atoms with Crippen molar-refractivity contribution in [2.45, 2.75) is 51.4 Å². The van der Waals surface area contributed by atoms with Gasteiger partial charge in [0.2, 0.25) is 5.88 Å². The highest BCUT2D eigenvalue weighted by atomic mass is 16.5. The molecular formula is C30H34N2O5. The van der Waals surface area contributed by atoms with Crippen LogP contribution in [0, 0.1) is 5.92 Å². The molecule has 2 aliphatic heterocycles. The second-order valence-corrected chi connectivity index (χ2v) is 10.1. The van der Waals surface area contributed by atoms with Crippen LogP contribution in [0.1, 0.15) is 60.6 Å². The van der Waals surface area contributed by atoms with Gasteiger partial charge < -0.3 is 19.7 Å². The quantitative estimate of drug-likeness (QED) is 0.439. The first kappa shape index (κ1) is 25.2. The van der Waals surface area contributed by atoms with Gasteiger partial charge in [-0.3, -0.25) is 9.69 Å². The summed E-state index contributed by atoms with van der Waals surface area (Å²) >= 11 is 0. The molecule has 0 aliphatic carbocycles. The van der Waals surface area contributed by atoms with Gasteiger partial charge in [-0.15, -0.1) is 0 Å². The second kappa shape index (κ2) is 10.9. The minimum absolute atomic E-state index is 0.116. The van der Waals surface area contributed by atoms with Crippen molar-refractivity contribution < 1.29 is 24.5 Å². The number of rotatable bonds is 8. The number of nitrogens with zero attached hydrogens (tertiary/aromatic N) is 2. The van der Waals surface area contributed by atoms with Crippen molar-refractivity contribution in [2.24, 2.45) is 5.92 Å². The van der Waals surface area contributed by atoms with Crippen LogP contribution in [-0.2, 0) is 17.8 Å². The van der Waals surface area contributed by atoms with Crippen LogP contribution < -0.4 is 9.47 Å². The topological polar surface area (TPSA) is 92.1 Å². The van der Waals surface area contributed by atoms with E-state index in [-0.39, 0.29) is 6.10 Å². The lowest BCUT2D eigenvalue weighted by Crippen LogP contribution is -2.21. The highest BCUT2D eigenvalue weighted by Gasteiger charge is 2.27. The Kier molecular flexibility index (Phi) is 7.44. The Hall–Kier alpha value is -3.42. The van der Waals surface area contributed by atoms with E-state index in [0.29, 0.717) is 11.4 Å². The highest BCUT2D eigenvalue weighted by Crippen LogP contribution is 2.39. The van der Waals surface area contributed by atoms with E-state index in [1.807, 2.05) is 18.2 Å². The van der Waals surface area contributed by atoms with Crippen LogP contribution in [0.3, 0.4) is 0 Å². The Morgan fingerprint density at radius 2 is 1.97 bits per heavy atom. The maximum atomic E-state index is 11.4. The fraction of sp³-hybridized carbons (Fsp3) is 0.400. The number of aliphatic carboxylic acids is 1. The van der Waals surface area contributed by atoms with Crippen LogP contribution in [0.5, 0.6) is 11.6 Å². The number of fused-ring (bicyclic) bond motifs is 1. The number of carboxylic acid groups (broad SMARTS) is 1. The third kappa shape index (κ3) is 5.48. The molecule has 2 aliphatic rings. The van der Waals surface area contributed by atoms with Crippen LogP contribution >= 0.6 is 0 Å². The van der Waals surface area contributed by atoms with Crippen molar-refractivity contribution >= 4 is 5.97 Å². The number of likely N-dealkylation sites (tertiary alicyclic amines) is 1. The van der Waals surface area contributed by atoms with Gasteiger partial charge in [0.1, 0.15) is 11.9 Å².